The van der Waals surface area contributed by atoms with Gasteiger partial charge < -0.3 is 25.7 Å². The topological polar surface area (TPSA) is 118 Å². The van der Waals surface area contributed by atoms with Crippen LogP contribution in [0.2, 0.25) is 0 Å². The summed E-state index contributed by atoms with van der Waals surface area (Å²) in [6.45, 7) is 2.32. The van der Waals surface area contributed by atoms with Gasteiger partial charge in [-0.25, -0.2) is 15.0 Å². The van der Waals surface area contributed by atoms with Crippen LogP contribution in [0.1, 0.15) is 18.4 Å². The number of ether oxygens (including phenoxy) is 3. The third-order valence-electron chi connectivity index (χ3n) is 3.92. The Morgan fingerprint density at radius 3 is 2.76 bits per heavy atom. The van der Waals surface area contributed by atoms with Gasteiger partial charge in [-0.1, -0.05) is 0 Å². The quantitative estimate of drug-likeness (QED) is 0.744. The third kappa shape index (κ3) is 4.70. The molecule has 0 aromatic carbocycles. The van der Waals surface area contributed by atoms with E-state index < -0.39 is 0 Å². The first-order chi connectivity index (χ1) is 12.1. The summed E-state index contributed by atoms with van der Waals surface area (Å²) in [5.74, 6) is 1.79. The Morgan fingerprint density at radius 2 is 1.96 bits per heavy atom. The molecule has 2 aromatic rings. The summed E-state index contributed by atoms with van der Waals surface area (Å²) in [4.78, 5) is 12.3. The van der Waals surface area contributed by atoms with Crippen molar-refractivity contribution < 1.29 is 14.2 Å². The van der Waals surface area contributed by atoms with Crippen LogP contribution in [0.3, 0.4) is 0 Å². The van der Waals surface area contributed by atoms with E-state index >= 15 is 0 Å². The van der Waals surface area contributed by atoms with E-state index in [2.05, 4.69) is 30.9 Å². The fourth-order valence-electron chi connectivity index (χ4n) is 2.51. The first kappa shape index (κ1) is 17.7. The van der Waals surface area contributed by atoms with Crippen LogP contribution in [0.4, 0.5) is 11.6 Å². The molecular weight excluding hydrogens is 390 g/mol. The van der Waals surface area contributed by atoms with Crippen LogP contribution in [0, 0.1) is 5.92 Å². The highest BCUT2D eigenvalue weighted by molar-refractivity contribution is 9.10. The number of nitrogens with two attached hydrogens (primary N) is 2. The largest absolute Gasteiger partial charge is 0.489 e. The Morgan fingerprint density at radius 1 is 1.16 bits per heavy atom. The van der Waals surface area contributed by atoms with Crippen molar-refractivity contribution in [1.29, 1.82) is 0 Å². The van der Waals surface area contributed by atoms with Gasteiger partial charge in [-0.3, -0.25) is 0 Å². The molecule has 0 atom stereocenters. The molecule has 0 radical (unpaired) electrons. The van der Waals surface area contributed by atoms with E-state index in [9.17, 15) is 0 Å². The number of nitrogens with zero attached hydrogens (tertiary/aromatic N) is 3. The molecule has 0 aliphatic carbocycles. The molecule has 1 fully saturated rings. The molecule has 9 heteroatoms. The maximum Gasteiger partial charge on any atom is 0.258 e. The number of halogens is 1. The molecule has 4 N–H and O–H groups in total. The van der Waals surface area contributed by atoms with Crippen LogP contribution in [0.15, 0.2) is 23.1 Å². The van der Waals surface area contributed by atoms with Gasteiger partial charge in [0, 0.05) is 25.0 Å². The van der Waals surface area contributed by atoms with Gasteiger partial charge in [0.25, 0.3) is 5.88 Å². The molecule has 1 aliphatic rings. The summed E-state index contributed by atoms with van der Waals surface area (Å²) in [7, 11) is 0. The van der Waals surface area contributed by atoms with Crippen molar-refractivity contribution in [3.05, 3.63) is 28.6 Å². The van der Waals surface area contributed by atoms with E-state index in [-0.39, 0.29) is 18.3 Å². The number of nitrogen functional groups attached to an aromatic ring is 2. The Labute approximate surface area is 154 Å². The molecule has 3 heterocycles. The Hall–Kier alpha value is -2.13. The van der Waals surface area contributed by atoms with E-state index in [1.165, 1.54) is 6.20 Å². The SMILES string of the molecule is Nc1ncc(Br)nc1OCc1ccnc(N)c1OCC1CCOCC1. The predicted octanol–water partition coefficient (Wildman–Crippen LogP) is 2.18. The smallest absolute Gasteiger partial charge is 0.258 e. The van der Waals surface area contributed by atoms with E-state index in [1.54, 1.807) is 12.3 Å². The molecule has 8 nitrogen and oxygen atoms in total. The lowest BCUT2D eigenvalue weighted by molar-refractivity contribution is 0.0495. The zero-order chi connectivity index (χ0) is 17.6. The van der Waals surface area contributed by atoms with Crippen LogP contribution >= 0.6 is 15.9 Å². The number of anilines is 2. The molecule has 0 amide bonds. The second kappa shape index (κ2) is 8.30. The number of rotatable bonds is 6. The summed E-state index contributed by atoms with van der Waals surface area (Å²) in [5.41, 5.74) is 12.5. The molecule has 0 spiro atoms. The van der Waals surface area contributed by atoms with E-state index in [0.29, 0.717) is 28.7 Å². The number of hydrogen-bond donors (Lipinski definition) is 2. The standard InChI is InChI=1S/C16H20BrN5O3/c17-12-7-21-15(19)16(22-12)25-9-11-1-4-20-14(18)13(11)24-8-10-2-5-23-6-3-10/h1,4,7,10H,2-3,5-6,8-9H2,(H2,18,20)(H2,19,21). The highest BCUT2D eigenvalue weighted by Gasteiger charge is 2.17. The second-order valence-corrected chi connectivity index (χ2v) is 6.54. The highest BCUT2D eigenvalue weighted by Crippen LogP contribution is 2.28. The molecule has 0 unspecified atom stereocenters. The van der Waals surface area contributed by atoms with Gasteiger partial charge >= 0.3 is 0 Å². The monoisotopic (exact) mass is 409 g/mol. The lowest BCUT2D eigenvalue weighted by Crippen LogP contribution is -2.22. The molecule has 3 rings (SSSR count). The van der Waals surface area contributed by atoms with Crippen LogP contribution in [-0.2, 0) is 11.3 Å². The highest BCUT2D eigenvalue weighted by atomic mass is 79.9. The van der Waals surface area contributed by atoms with Crippen molar-refractivity contribution in [1.82, 2.24) is 15.0 Å². The van der Waals surface area contributed by atoms with E-state index in [0.717, 1.165) is 31.6 Å². The van der Waals surface area contributed by atoms with Crippen LogP contribution in [-0.4, -0.2) is 34.8 Å². The van der Waals surface area contributed by atoms with Gasteiger partial charge in [0.05, 0.1) is 12.8 Å². The number of hydrogen-bond acceptors (Lipinski definition) is 8. The summed E-state index contributed by atoms with van der Waals surface area (Å²) < 4.78 is 17.5. The van der Waals surface area contributed by atoms with Gasteiger partial charge in [0.1, 0.15) is 11.2 Å². The Kier molecular flexibility index (Phi) is 5.87. The van der Waals surface area contributed by atoms with Gasteiger partial charge in [-0.15, -0.1) is 0 Å². The lowest BCUT2D eigenvalue weighted by atomic mass is 10.0. The molecular formula is C16H20BrN5O3. The zero-order valence-electron chi connectivity index (χ0n) is 13.7. The lowest BCUT2D eigenvalue weighted by Gasteiger charge is -2.23. The van der Waals surface area contributed by atoms with Crippen molar-refractivity contribution in [2.75, 3.05) is 31.3 Å². The van der Waals surface area contributed by atoms with Crippen molar-refractivity contribution in [3.8, 4) is 11.6 Å². The van der Waals surface area contributed by atoms with E-state index in [1.807, 2.05) is 0 Å². The van der Waals surface area contributed by atoms with Crippen LogP contribution in [0.25, 0.3) is 0 Å². The second-order valence-electron chi connectivity index (χ2n) is 5.72. The fraction of sp³-hybridized carbons (Fsp3) is 0.438. The molecule has 2 aromatic heterocycles. The molecule has 25 heavy (non-hydrogen) atoms. The normalized spacial score (nSPS) is 15.1. The molecule has 134 valence electrons. The molecule has 1 saturated heterocycles. The van der Waals surface area contributed by atoms with Gasteiger partial charge in [-0.2, -0.15) is 0 Å². The Bertz CT molecular complexity index is 725. The minimum atomic E-state index is 0.200. The average molecular weight is 410 g/mol. The fourth-order valence-corrected chi connectivity index (χ4v) is 2.78. The summed E-state index contributed by atoms with van der Waals surface area (Å²) >= 11 is 3.24. The van der Waals surface area contributed by atoms with Crippen molar-refractivity contribution >= 4 is 27.6 Å². The Balaban J connectivity index is 1.68. The average Bonchev–Trinajstić information content (AvgIpc) is 2.62. The molecule has 0 bridgehead atoms. The summed E-state index contributed by atoms with van der Waals surface area (Å²) in [5, 5.41) is 0. The minimum Gasteiger partial charge on any atom is -0.489 e. The summed E-state index contributed by atoms with van der Waals surface area (Å²) in [6.07, 6.45) is 5.09. The summed E-state index contributed by atoms with van der Waals surface area (Å²) in [6, 6.07) is 1.80. The maximum atomic E-state index is 5.98. The van der Waals surface area contributed by atoms with Crippen molar-refractivity contribution in [2.24, 2.45) is 5.92 Å². The number of pyridine rings is 1. The first-order valence-corrected chi connectivity index (χ1v) is 8.77. The van der Waals surface area contributed by atoms with Gasteiger partial charge in [0.2, 0.25) is 0 Å². The van der Waals surface area contributed by atoms with Crippen LogP contribution in [0.5, 0.6) is 11.6 Å². The first-order valence-electron chi connectivity index (χ1n) is 7.98. The number of aromatic nitrogens is 3. The minimum absolute atomic E-state index is 0.200. The van der Waals surface area contributed by atoms with Gasteiger partial charge in [0.15, 0.2) is 17.4 Å². The van der Waals surface area contributed by atoms with Crippen LogP contribution < -0.4 is 20.9 Å². The van der Waals surface area contributed by atoms with Crippen molar-refractivity contribution in [3.63, 3.8) is 0 Å². The van der Waals surface area contributed by atoms with Gasteiger partial charge in [-0.05, 0) is 40.8 Å². The third-order valence-corrected chi connectivity index (χ3v) is 4.30. The van der Waals surface area contributed by atoms with E-state index in [4.69, 9.17) is 25.7 Å². The van der Waals surface area contributed by atoms with Crippen molar-refractivity contribution in [2.45, 2.75) is 19.4 Å². The molecule has 1 aliphatic heterocycles. The predicted molar refractivity (Wildman–Crippen MR) is 96.2 cm³/mol. The molecule has 0 saturated carbocycles. The maximum absolute atomic E-state index is 5.98. The zero-order valence-corrected chi connectivity index (χ0v) is 15.2.